The number of rotatable bonds is 3. The number of benzene rings is 1. The summed E-state index contributed by atoms with van der Waals surface area (Å²) in [7, 11) is 0. The molecule has 0 saturated heterocycles. The maximum atomic E-state index is 10.5. The van der Waals surface area contributed by atoms with Crippen molar-refractivity contribution >= 4 is 40.9 Å². The van der Waals surface area contributed by atoms with E-state index in [1.165, 1.54) is 0 Å². The van der Waals surface area contributed by atoms with Crippen LogP contribution in [0.5, 0.6) is 0 Å². The minimum absolute atomic E-state index is 0. The second-order valence-corrected chi connectivity index (χ2v) is 6.86. The minimum atomic E-state index is -4.52. The summed E-state index contributed by atoms with van der Waals surface area (Å²) in [5.41, 5.74) is 2.12. The zero-order chi connectivity index (χ0) is 10.9. The predicted molar refractivity (Wildman–Crippen MR) is 56.3 cm³/mol. The molecule has 0 atom stereocenters. The molecule has 1 aromatic heterocycles. The molecule has 17 heavy (non-hydrogen) atoms. The zero-order valence-electron chi connectivity index (χ0n) is 9.32. The Kier molecular flexibility index (Phi) is 8.69. The molecular weight excluding hydrogens is 301 g/mol. The first-order chi connectivity index (χ1) is 7.06. The van der Waals surface area contributed by atoms with Gasteiger partial charge in [0.25, 0.3) is 0 Å². The van der Waals surface area contributed by atoms with Gasteiger partial charge in [-0.15, -0.1) is 11.4 Å². The molecule has 2 rings (SSSR count). The van der Waals surface area contributed by atoms with Crippen LogP contribution >= 0.6 is 29.9 Å². The van der Waals surface area contributed by atoms with Crippen molar-refractivity contribution in [1.29, 1.82) is 0 Å². The normalized spacial score (nSPS) is 10.7. The fourth-order valence-electron chi connectivity index (χ4n) is 1.13. The summed E-state index contributed by atoms with van der Waals surface area (Å²) in [4.78, 5) is 21.0. The number of hydrogen-bond acceptors (Lipinski definition) is 7. The fourth-order valence-corrected chi connectivity index (χ4v) is 3.12. The van der Waals surface area contributed by atoms with E-state index in [0.717, 1.165) is 22.8 Å². The van der Waals surface area contributed by atoms with Crippen LogP contribution in [-0.4, -0.2) is 8.75 Å². The van der Waals surface area contributed by atoms with E-state index in [0.29, 0.717) is 16.9 Å². The van der Waals surface area contributed by atoms with Crippen molar-refractivity contribution in [2.45, 2.75) is 5.75 Å². The first kappa shape index (κ1) is 18.5. The Hall–Kier alpha value is 1.54. The standard InChI is InChI=1S/C7H7N2O3PS2.2Na/c10-13(11,12)14-4-5-2-1-3-6-7(5)9-15-8-6;;/h1-3H,4H2,(H2,10,11,12);;/q;2*+1/p-2. The Bertz CT molecular complexity index is 533. The van der Waals surface area contributed by atoms with Gasteiger partial charge < -0.3 is 14.4 Å². The summed E-state index contributed by atoms with van der Waals surface area (Å²) < 4.78 is 18.5. The number of nitrogens with zero attached hydrogens (tertiary/aromatic N) is 2. The molecule has 2 aromatic rings. The summed E-state index contributed by atoms with van der Waals surface area (Å²) >= 11 is 1.45. The van der Waals surface area contributed by atoms with Gasteiger partial charge in [0.15, 0.2) is 0 Å². The zero-order valence-corrected chi connectivity index (χ0v) is 15.8. The molecule has 0 aliphatic rings. The molecular formula is C7H5N2Na2O3PS2. The molecule has 0 N–H and O–H groups in total. The Morgan fingerprint density at radius 2 is 2.00 bits per heavy atom. The molecule has 0 aliphatic heterocycles. The maximum absolute atomic E-state index is 10.5. The average molecular weight is 306 g/mol. The third-order valence-electron chi connectivity index (χ3n) is 1.75. The van der Waals surface area contributed by atoms with Gasteiger partial charge in [-0.25, -0.2) is 0 Å². The van der Waals surface area contributed by atoms with E-state index >= 15 is 0 Å². The molecule has 80 valence electrons. The molecule has 0 saturated carbocycles. The van der Waals surface area contributed by atoms with Gasteiger partial charge in [-0.3, -0.25) is 0 Å². The van der Waals surface area contributed by atoms with Gasteiger partial charge in [0.2, 0.25) is 0 Å². The number of fused-ring (bicyclic) bond motifs is 1. The Balaban J connectivity index is 0.00000128. The van der Waals surface area contributed by atoms with E-state index in [2.05, 4.69) is 8.75 Å². The van der Waals surface area contributed by atoms with Crippen LogP contribution in [0, 0.1) is 0 Å². The molecule has 0 bridgehead atoms. The Morgan fingerprint density at radius 1 is 1.29 bits per heavy atom. The summed E-state index contributed by atoms with van der Waals surface area (Å²) in [5, 5.41) is 0. The first-order valence-electron chi connectivity index (χ1n) is 3.93. The van der Waals surface area contributed by atoms with E-state index in [1.807, 2.05) is 0 Å². The van der Waals surface area contributed by atoms with Gasteiger partial charge >= 0.3 is 59.1 Å². The van der Waals surface area contributed by atoms with Crippen LogP contribution < -0.4 is 68.9 Å². The molecule has 0 radical (unpaired) electrons. The van der Waals surface area contributed by atoms with Crippen LogP contribution in [0.1, 0.15) is 5.56 Å². The monoisotopic (exact) mass is 306 g/mol. The topological polar surface area (TPSA) is 89.0 Å². The Morgan fingerprint density at radius 3 is 2.65 bits per heavy atom. The van der Waals surface area contributed by atoms with Crippen molar-refractivity contribution in [3.63, 3.8) is 0 Å². The van der Waals surface area contributed by atoms with Crippen LogP contribution in [0.25, 0.3) is 11.0 Å². The molecule has 1 aromatic carbocycles. The number of aromatic nitrogens is 2. The van der Waals surface area contributed by atoms with Crippen LogP contribution in [0.4, 0.5) is 0 Å². The van der Waals surface area contributed by atoms with Crippen molar-refractivity contribution in [2.75, 3.05) is 0 Å². The van der Waals surface area contributed by atoms with E-state index in [9.17, 15) is 14.4 Å². The van der Waals surface area contributed by atoms with E-state index < -0.39 is 6.80 Å². The molecule has 0 unspecified atom stereocenters. The summed E-state index contributed by atoms with van der Waals surface area (Å²) in [6.07, 6.45) is 0. The average Bonchev–Trinajstić information content (AvgIpc) is 2.61. The molecule has 10 heteroatoms. The van der Waals surface area contributed by atoms with E-state index in [-0.39, 0.29) is 64.9 Å². The second kappa shape index (κ2) is 7.97. The molecule has 0 amide bonds. The van der Waals surface area contributed by atoms with Gasteiger partial charge in [-0.05, 0) is 18.4 Å². The summed E-state index contributed by atoms with van der Waals surface area (Å²) in [6, 6.07) is 5.30. The molecule has 0 spiro atoms. The summed E-state index contributed by atoms with van der Waals surface area (Å²) in [6.45, 7) is -4.52. The van der Waals surface area contributed by atoms with Crippen molar-refractivity contribution in [3.8, 4) is 0 Å². The quantitative estimate of drug-likeness (QED) is 0.416. The van der Waals surface area contributed by atoms with Gasteiger partial charge in [0.1, 0.15) is 11.0 Å². The van der Waals surface area contributed by atoms with Gasteiger partial charge in [-0.1, -0.05) is 12.1 Å². The van der Waals surface area contributed by atoms with Crippen molar-refractivity contribution in [2.24, 2.45) is 0 Å². The molecule has 1 heterocycles. The molecule has 5 nitrogen and oxygen atoms in total. The van der Waals surface area contributed by atoms with Gasteiger partial charge in [-0.2, -0.15) is 8.75 Å². The smallest absolute Gasteiger partial charge is 0.803 e. The first-order valence-corrected chi connectivity index (χ1v) is 7.79. The summed E-state index contributed by atoms with van der Waals surface area (Å²) in [5.74, 6) is 0.118. The molecule has 0 fully saturated rings. The third kappa shape index (κ3) is 5.58. The fraction of sp³-hybridized carbons (Fsp3) is 0.143. The molecule has 0 aliphatic carbocycles. The van der Waals surface area contributed by atoms with Crippen LogP contribution in [-0.2, 0) is 10.3 Å². The SMILES string of the molecule is O=P([O-])([O-])SCc1cccc2nsnc12.[Na+].[Na+]. The number of hydrogen-bond donors (Lipinski definition) is 0. The Labute approximate surface area is 151 Å². The van der Waals surface area contributed by atoms with Gasteiger partial charge in [0, 0.05) is 5.75 Å². The van der Waals surface area contributed by atoms with Crippen LogP contribution in [0.2, 0.25) is 0 Å². The predicted octanol–water partition coefficient (Wildman–Crippen LogP) is -5.24. The van der Waals surface area contributed by atoms with Crippen LogP contribution in [0.3, 0.4) is 0 Å². The second-order valence-electron chi connectivity index (χ2n) is 2.77. The largest absolute Gasteiger partial charge is 1.00 e. The van der Waals surface area contributed by atoms with Crippen LogP contribution in [0.15, 0.2) is 18.2 Å². The van der Waals surface area contributed by atoms with Gasteiger partial charge in [0.05, 0.1) is 11.7 Å². The van der Waals surface area contributed by atoms with Crippen molar-refractivity contribution < 1.29 is 73.5 Å². The van der Waals surface area contributed by atoms with Crippen molar-refractivity contribution in [1.82, 2.24) is 8.75 Å². The van der Waals surface area contributed by atoms with Crippen molar-refractivity contribution in [3.05, 3.63) is 23.8 Å². The van der Waals surface area contributed by atoms with E-state index in [4.69, 9.17) is 0 Å². The maximum Gasteiger partial charge on any atom is 1.00 e. The third-order valence-corrected chi connectivity index (χ3v) is 4.38. The minimum Gasteiger partial charge on any atom is -0.803 e. The van der Waals surface area contributed by atoms with E-state index in [1.54, 1.807) is 18.2 Å².